The molecule has 100 valence electrons. The first-order valence-corrected chi connectivity index (χ1v) is 6.49. The van der Waals surface area contributed by atoms with Crippen molar-refractivity contribution in [3.8, 4) is 0 Å². The number of halogens is 1. The molecule has 0 saturated heterocycles. The Labute approximate surface area is 116 Å². The predicted molar refractivity (Wildman–Crippen MR) is 74.3 cm³/mol. The lowest BCUT2D eigenvalue weighted by molar-refractivity contribution is -0.116. The molecule has 1 aromatic carbocycles. The lowest BCUT2D eigenvalue weighted by Gasteiger charge is -2.02. The van der Waals surface area contributed by atoms with Gasteiger partial charge in [0.05, 0.1) is 0 Å². The number of hydrogen-bond acceptors (Lipinski definition) is 3. The first-order valence-electron chi connectivity index (χ1n) is 6.11. The summed E-state index contributed by atoms with van der Waals surface area (Å²) < 4.78 is 4.87. The van der Waals surface area contributed by atoms with E-state index in [1.807, 2.05) is 24.3 Å². The maximum atomic E-state index is 11.7. The summed E-state index contributed by atoms with van der Waals surface area (Å²) in [5, 5.41) is 7.13. The summed E-state index contributed by atoms with van der Waals surface area (Å²) in [6.45, 7) is 1.78. The number of aryl methyl sites for hydroxylation is 2. The minimum absolute atomic E-state index is 0.0535. The van der Waals surface area contributed by atoms with Crippen molar-refractivity contribution in [1.82, 2.24) is 5.16 Å². The van der Waals surface area contributed by atoms with E-state index >= 15 is 0 Å². The van der Waals surface area contributed by atoms with Crippen LogP contribution < -0.4 is 5.32 Å². The van der Waals surface area contributed by atoms with Crippen molar-refractivity contribution < 1.29 is 9.32 Å². The Hall–Kier alpha value is -1.81. The number of hydrogen-bond donors (Lipinski definition) is 1. The average Bonchev–Trinajstić information content (AvgIpc) is 2.77. The van der Waals surface area contributed by atoms with Gasteiger partial charge in [0, 0.05) is 17.5 Å². The van der Waals surface area contributed by atoms with Crippen LogP contribution in [0.1, 0.15) is 24.2 Å². The number of benzene rings is 1. The van der Waals surface area contributed by atoms with Crippen molar-refractivity contribution in [3.05, 3.63) is 46.7 Å². The van der Waals surface area contributed by atoms with E-state index in [-0.39, 0.29) is 5.91 Å². The molecule has 2 rings (SSSR count). The number of rotatable bonds is 5. The number of nitrogens with one attached hydrogen (secondary N) is 1. The maximum Gasteiger partial charge on any atom is 0.225 e. The first kappa shape index (κ1) is 13.6. The molecule has 0 aliphatic heterocycles. The molecule has 1 amide bonds. The number of aromatic nitrogens is 1. The van der Waals surface area contributed by atoms with E-state index in [1.54, 1.807) is 13.0 Å². The summed E-state index contributed by atoms with van der Waals surface area (Å²) in [5.41, 5.74) is 1.18. The van der Waals surface area contributed by atoms with Gasteiger partial charge in [-0.3, -0.25) is 4.79 Å². The van der Waals surface area contributed by atoms with Gasteiger partial charge in [-0.15, -0.1) is 0 Å². The smallest absolute Gasteiger partial charge is 0.225 e. The molecule has 0 radical (unpaired) electrons. The fourth-order valence-electron chi connectivity index (χ4n) is 1.73. The van der Waals surface area contributed by atoms with Gasteiger partial charge in [-0.05, 0) is 37.5 Å². The van der Waals surface area contributed by atoms with Crippen LogP contribution in [0.2, 0.25) is 5.02 Å². The molecule has 5 heteroatoms. The zero-order valence-electron chi connectivity index (χ0n) is 10.6. The summed E-state index contributed by atoms with van der Waals surface area (Å²) in [4.78, 5) is 11.7. The van der Waals surface area contributed by atoms with Crippen LogP contribution in [-0.4, -0.2) is 11.1 Å². The summed E-state index contributed by atoms with van der Waals surface area (Å²) >= 11 is 5.81. The number of amides is 1. The van der Waals surface area contributed by atoms with Gasteiger partial charge in [0.2, 0.25) is 5.91 Å². The number of nitrogens with zero attached hydrogens (tertiary/aromatic N) is 1. The normalized spacial score (nSPS) is 10.4. The van der Waals surface area contributed by atoms with Gasteiger partial charge in [-0.25, -0.2) is 0 Å². The molecule has 0 saturated carbocycles. The summed E-state index contributed by atoms with van der Waals surface area (Å²) in [7, 11) is 0. The molecular formula is C14H15ClN2O2. The number of carbonyl (C=O) groups is 1. The zero-order valence-corrected chi connectivity index (χ0v) is 11.4. The lowest BCUT2D eigenvalue weighted by Crippen LogP contribution is -2.11. The lowest BCUT2D eigenvalue weighted by atomic mass is 10.1. The summed E-state index contributed by atoms with van der Waals surface area (Å²) in [6, 6.07) is 9.35. The van der Waals surface area contributed by atoms with E-state index in [2.05, 4.69) is 10.5 Å². The quantitative estimate of drug-likeness (QED) is 0.909. The highest BCUT2D eigenvalue weighted by Gasteiger charge is 2.06. The molecule has 2 aromatic rings. The molecular weight excluding hydrogens is 264 g/mol. The van der Waals surface area contributed by atoms with Crippen molar-refractivity contribution in [2.45, 2.75) is 26.2 Å². The molecule has 0 fully saturated rings. The van der Waals surface area contributed by atoms with Gasteiger partial charge in [0.25, 0.3) is 0 Å². The molecule has 0 bridgehead atoms. The molecule has 0 spiro atoms. The minimum atomic E-state index is -0.0535. The van der Waals surface area contributed by atoms with Gasteiger partial charge in [0.15, 0.2) is 5.82 Å². The van der Waals surface area contributed by atoms with E-state index in [0.717, 1.165) is 17.9 Å². The van der Waals surface area contributed by atoms with Crippen molar-refractivity contribution in [2.24, 2.45) is 0 Å². The first-order chi connectivity index (χ1) is 9.13. The second kappa shape index (κ2) is 6.38. The van der Waals surface area contributed by atoms with Crippen molar-refractivity contribution in [1.29, 1.82) is 0 Å². The number of carbonyl (C=O) groups excluding carboxylic acids is 1. The van der Waals surface area contributed by atoms with Crippen LogP contribution in [0, 0.1) is 6.92 Å². The van der Waals surface area contributed by atoms with E-state index < -0.39 is 0 Å². The Morgan fingerprint density at radius 1 is 1.37 bits per heavy atom. The molecule has 1 aromatic heterocycles. The third kappa shape index (κ3) is 4.41. The van der Waals surface area contributed by atoms with Crippen molar-refractivity contribution in [2.75, 3.05) is 5.32 Å². The molecule has 1 N–H and O–H groups in total. The molecule has 1 heterocycles. The highest BCUT2D eigenvalue weighted by Crippen LogP contribution is 2.12. The van der Waals surface area contributed by atoms with Gasteiger partial charge >= 0.3 is 0 Å². The Kier molecular flexibility index (Phi) is 4.58. The Balaban J connectivity index is 1.73. The highest BCUT2D eigenvalue weighted by molar-refractivity contribution is 6.30. The fourth-order valence-corrected chi connectivity index (χ4v) is 1.86. The monoisotopic (exact) mass is 278 g/mol. The van der Waals surface area contributed by atoms with Gasteiger partial charge in [-0.1, -0.05) is 28.9 Å². The standard InChI is InChI=1S/C14H15ClN2O2/c1-10-9-13(17-19-10)16-14(18)4-2-3-11-5-7-12(15)8-6-11/h5-9H,2-4H2,1H3,(H,16,17,18). The highest BCUT2D eigenvalue weighted by atomic mass is 35.5. The van der Waals surface area contributed by atoms with Gasteiger partial charge in [-0.2, -0.15) is 0 Å². The van der Waals surface area contributed by atoms with E-state index in [1.165, 1.54) is 5.56 Å². The van der Waals surface area contributed by atoms with E-state index in [4.69, 9.17) is 16.1 Å². The van der Waals surface area contributed by atoms with Crippen LogP contribution in [0.4, 0.5) is 5.82 Å². The second-order valence-electron chi connectivity index (χ2n) is 4.35. The molecule has 0 aliphatic carbocycles. The van der Waals surface area contributed by atoms with Crippen molar-refractivity contribution in [3.63, 3.8) is 0 Å². The molecule has 19 heavy (non-hydrogen) atoms. The van der Waals surface area contributed by atoms with Gasteiger partial charge in [0.1, 0.15) is 5.76 Å². The van der Waals surface area contributed by atoms with Crippen LogP contribution in [0.15, 0.2) is 34.9 Å². The summed E-state index contributed by atoms with van der Waals surface area (Å²) in [5.74, 6) is 1.09. The SMILES string of the molecule is Cc1cc(NC(=O)CCCc2ccc(Cl)cc2)no1. The van der Waals surface area contributed by atoms with E-state index in [9.17, 15) is 4.79 Å². The van der Waals surface area contributed by atoms with Crippen LogP contribution in [0.3, 0.4) is 0 Å². The molecule has 0 aliphatic rings. The molecule has 0 unspecified atom stereocenters. The zero-order chi connectivity index (χ0) is 13.7. The van der Waals surface area contributed by atoms with E-state index in [0.29, 0.717) is 18.0 Å². The average molecular weight is 279 g/mol. The maximum absolute atomic E-state index is 11.7. The molecule has 4 nitrogen and oxygen atoms in total. The Morgan fingerprint density at radius 3 is 2.74 bits per heavy atom. The largest absolute Gasteiger partial charge is 0.360 e. The third-order valence-corrected chi connectivity index (χ3v) is 2.93. The topological polar surface area (TPSA) is 55.1 Å². The van der Waals surface area contributed by atoms with Crippen LogP contribution >= 0.6 is 11.6 Å². The Morgan fingerprint density at radius 2 is 2.11 bits per heavy atom. The number of anilines is 1. The van der Waals surface area contributed by atoms with Crippen LogP contribution in [0.5, 0.6) is 0 Å². The predicted octanol–water partition coefficient (Wildman–Crippen LogP) is 3.60. The summed E-state index contributed by atoms with van der Waals surface area (Å²) in [6.07, 6.45) is 2.08. The molecule has 0 atom stereocenters. The second-order valence-corrected chi connectivity index (χ2v) is 4.79. The fraction of sp³-hybridized carbons (Fsp3) is 0.286. The Bertz CT molecular complexity index is 549. The third-order valence-electron chi connectivity index (χ3n) is 2.68. The van der Waals surface area contributed by atoms with Crippen LogP contribution in [-0.2, 0) is 11.2 Å². The van der Waals surface area contributed by atoms with Gasteiger partial charge < -0.3 is 9.84 Å². The minimum Gasteiger partial charge on any atom is -0.360 e. The van der Waals surface area contributed by atoms with Crippen LogP contribution in [0.25, 0.3) is 0 Å². The van der Waals surface area contributed by atoms with Crippen molar-refractivity contribution >= 4 is 23.3 Å².